The van der Waals surface area contributed by atoms with Gasteiger partial charge >= 0.3 is 0 Å². The Morgan fingerprint density at radius 1 is 1.62 bits per heavy atom. The quantitative estimate of drug-likeness (QED) is 0.931. The van der Waals surface area contributed by atoms with Gasteiger partial charge in [0.2, 0.25) is 5.91 Å². The van der Waals surface area contributed by atoms with Crippen molar-refractivity contribution < 1.29 is 9.53 Å². The highest BCUT2D eigenvalue weighted by Gasteiger charge is 2.28. The predicted octanol–water partition coefficient (Wildman–Crippen LogP) is 1.57. The lowest BCUT2D eigenvalue weighted by Crippen LogP contribution is -2.43. The highest BCUT2D eigenvalue weighted by Crippen LogP contribution is 2.20. The van der Waals surface area contributed by atoms with Crippen molar-refractivity contribution in [3.63, 3.8) is 0 Å². The molecule has 0 radical (unpaired) electrons. The van der Waals surface area contributed by atoms with E-state index in [0.717, 1.165) is 17.1 Å². The van der Waals surface area contributed by atoms with E-state index in [1.54, 1.807) is 11.3 Å². The highest BCUT2D eigenvalue weighted by atomic mass is 32.1. The van der Waals surface area contributed by atoms with Crippen LogP contribution >= 0.6 is 11.3 Å². The minimum absolute atomic E-state index is 0.136. The van der Waals surface area contributed by atoms with Gasteiger partial charge < -0.3 is 9.64 Å². The van der Waals surface area contributed by atoms with E-state index in [1.165, 1.54) is 0 Å². The van der Waals surface area contributed by atoms with Gasteiger partial charge in [-0.05, 0) is 11.4 Å². The Morgan fingerprint density at radius 2 is 2.52 bits per heavy atom. The molecular weight excluding hydrogens is 288 g/mol. The molecule has 112 valence electrons. The number of nitrogens with zero attached hydrogens (tertiary/aromatic N) is 3. The Hall–Kier alpha value is -1.73. The molecule has 3 rings (SSSR count). The van der Waals surface area contributed by atoms with Crippen molar-refractivity contribution in [2.24, 2.45) is 0 Å². The Labute approximate surface area is 127 Å². The van der Waals surface area contributed by atoms with Gasteiger partial charge in [-0.25, -0.2) is 4.98 Å². The van der Waals surface area contributed by atoms with Crippen LogP contribution in [-0.2, 0) is 22.4 Å². The van der Waals surface area contributed by atoms with Crippen LogP contribution in [0, 0.1) is 0 Å². The van der Waals surface area contributed by atoms with Gasteiger partial charge in [0, 0.05) is 17.8 Å². The molecule has 0 saturated carbocycles. The first-order chi connectivity index (χ1) is 10.3. The number of carbonyl (C=O) groups excluding carboxylic acids is 1. The second kappa shape index (κ2) is 6.36. The van der Waals surface area contributed by atoms with E-state index in [2.05, 4.69) is 15.2 Å². The lowest BCUT2D eigenvalue weighted by atomic mass is 10.2. The molecule has 3 heterocycles. The van der Waals surface area contributed by atoms with Crippen molar-refractivity contribution >= 4 is 17.2 Å². The number of H-pyrrole nitrogens is 1. The van der Waals surface area contributed by atoms with E-state index in [-0.39, 0.29) is 12.0 Å². The maximum Gasteiger partial charge on any atom is 0.228 e. The summed E-state index contributed by atoms with van der Waals surface area (Å²) in [5, 5.41) is 9.06. The zero-order valence-corrected chi connectivity index (χ0v) is 12.7. The smallest absolute Gasteiger partial charge is 0.228 e. The monoisotopic (exact) mass is 306 g/mol. The Kier molecular flexibility index (Phi) is 4.31. The van der Waals surface area contributed by atoms with Crippen LogP contribution in [0.2, 0.25) is 0 Å². The number of aromatic nitrogens is 3. The molecule has 1 saturated heterocycles. The highest BCUT2D eigenvalue weighted by molar-refractivity contribution is 7.10. The van der Waals surface area contributed by atoms with Crippen molar-refractivity contribution in [2.45, 2.75) is 25.9 Å². The van der Waals surface area contributed by atoms with Gasteiger partial charge in [-0.15, -0.1) is 11.3 Å². The summed E-state index contributed by atoms with van der Waals surface area (Å²) in [4.78, 5) is 19.7. The van der Waals surface area contributed by atoms with Gasteiger partial charge in [-0.2, -0.15) is 5.10 Å². The summed E-state index contributed by atoms with van der Waals surface area (Å²) >= 11 is 1.61. The van der Waals surface area contributed by atoms with Crippen LogP contribution in [0.15, 0.2) is 17.5 Å². The molecule has 2 aromatic rings. The molecule has 1 aliphatic rings. The van der Waals surface area contributed by atoms with Crippen LogP contribution in [0.5, 0.6) is 0 Å². The topological polar surface area (TPSA) is 71.1 Å². The van der Waals surface area contributed by atoms with Crippen molar-refractivity contribution in [2.75, 3.05) is 19.7 Å². The van der Waals surface area contributed by atoms with Crippen LogP contribution in [0.3, 0.4) is 0 Å². The van der Waals surface area contributed by atoms with E-state index in [0.29, 0.717) is 31.9 Å². The standard InChI is InChI=1S/C14H18N4O2S/c1-2-12-15-14(17-16-12)11-9-18(5-6-20-11)13(19)8-10-4-3-7-21-10/h3-4,7,11H,2,5-6,8-9H2,1H3,(H,15,16,17). The lowest BCUT2D eigenvalue weighted by molar-refractivity contribution is -0.138. The first-order valence-electron chi connectivity index (χ1n) is 7.09. The third-order valence-corrected chi connectivity index (χ3v) is 4.37. The van der Waals surface area contributed by atoms with Gasteiger partial charge in [0.05, 0.1) is 19.6 Å². The third kappa shape index (κ3) is 3.30. The number of nitrogens with one attached hydrogen (secondary N) is 1. The van der Waals surface area contributed by atoms with Crippen molar-refractivity contribution in [1.82, 2.24) is 20.1 Å². The number of ether oxygens (including phenoxy) is 1. The summed E-state index contributed by atoms with van der Waals surface area (Å²) in [6, 6.07) is 3.96. The van der Waals surface area contributed by atoms with Gasteiger partial charge in [0.15, 0.2) is 5.82 Å². The largest absolute Gasteiger partial charge is 0.366 e. The molecule has 1 aliphatic heterocycles. The number of aryl methyl sites for hydroxylation is 1. The molecule has 1 atom stereocenters. The number of carbonyl (C=O) groups is 1. The number of hydrogen-bond donors (Lipinski definition) is 1. The van der Waals surface area contributed by atoms with Crippen molar-refractivity contribution in [3.8, 4) is 0 Å². The Morgan fingerprint density at radius 3 is 3.24 bits per heavy atom. The zero-order valence-electron chi connectivity index (χ0n) is 11.9. The van der Waals surface area contributed by atoms with Crippen molar-refractivity contribution in [1.29, 1.82) is 0 Å². The number of morpholine rings is 1. The number of rotatable bonds is 4. The van der Waals surface area contributed by atoms with E-state index in [1.807, 2.05) is 29.3 Å². The first kappa shape index (κ1) is 14.2. The maximum atomic E-state index is 12.3. The summed E-state index contributed by atoms with van der Waals surface area (Å²) in [6.45, 7) is 3.69. The molecule has 6 nitrogen and oxygen atoms in total. The van der Waals surface area contributed by atoms with Gasteiger partial charge in [0.25, 0.3) is 0 Å². The maximum absolute atomic E-state index is 12.3. The van der Waals surface area contributed by atoms with E-state index < -0.39 is 0 Å². The molecule has 1 N–H and O–H groups in total. The predicted molar refractivity (Wildman–Crippen MR) is 79.1 cm³/mol. The molecule has 2 aromatic heterocycles. The minimum Gasteiger partial charge on any atom is -0.366 e. The number of aromatic amines is 1. The summed E-state index contributed by atoms with van der Waals surface area (Å²) in [7, 11) is 0. The molecule has 1 fully saturated rings. The molecule has 0 aromatic carbocycles. The SMILES string of the molecule is CCc1nc(C2CN(C(=O)Cc3cccs3)CCO2)n[nH]1. The average Bonchev–Trinajstić information content (AvgIpc) is 3.18. The lowest BCUT2D eigenvalue weighted by Gasteiger charge is -2.31. The van der Waals surface area contributed by atoms with E-state index in [4.69, 9.17) is 4.74 Å². The fourth-order valence-electron chi connectivity index (χ4n) is 2.32. The van der Waals surface area contributed by atoms with Crippen molar-refractivity contribution in [3.05, 3.63) is 34.0 Å². The summed E-state index contributed by atoms with van der Waals surface area (Å²) < 4.78 is 5.70. The molecule has 7 heteroatoms. The molecule has 1 amide bonds. The van der Waals surface area contributed by atoms with Crippen LogP contribution in [0.25, 0.3) is 0 Å². The number of amides is 1. The molecule has 0 aliphatic carbocycles. The van der Waals surface area contributed by atoms with Crippen LogP contribution in [0.1, 0.15) is 29.6 Å². The molecule has 1 unspecified atom stereocenters. The Bertz CT molecular complexity index is 596. The number of hydrogen-bond acceptors (Lipinski definition) is 5. The minimum atomic E-state index is -0.234. The normalized spacial score (nSPS) is 18.9. The van der Waals surface area contributed by atoms with Crippen LogP contribution in [0.4, 0.5) is 0 Å². The van der Waals surface area contributed by atoms with Crippen LogP contribution < -0.4 is 0 Å². The summed E-state index contributed by atoms with van der Waals surface area (Å²) in [5.74, 6) is 1.62. The van der Waals surface area contributed by atoms with Crippen LogP contribution in [-0.4, -0.2) is 45.7 Å². The molecule has 0 spiro atoms. The summed E-state index contributed by atoms with van der Waals surface area (Å²) in [6.07, 6.45) is 1.03. The van der Waals surface area contributed by atoms with Gasteiger partial charge in [-0.1, -0.05) is 13.0 Å². The molecular formula is C14H18N4O2S. The Balaban J connectivity index is 1.63. The first-order valence-corrected chi connectivity index (χ1v) is 7.97. The summed E-state index contributed by atoms with van der Waals surface area (Å²) in [5.41, 5.74) is 0. The second-order valence-electron chi connectivity index (χ2n) is 4.95. The molecule has 0 bridgehead atoms. The van der Waals surface area contributed by atoms with E-state index >= 15 is 0 Å². The fraction of sp³-hybridized carbons (Fsp3) is 0.500. The fourth-order valence-corrected chi connectivity index (χ4v) is 3.01. The third-order valence-electron chi connectivity index (χ3n) is 3.50. The molecule has 21 heavy (non-hydrogen) atoms. The zero-order chi connectivity index (χ0) is 14.7. The van der Waals surface area contributed by atoms with Gasteiger partial charge in [-0.3, -0.25) is 9.89 Å². The van der Waals surface area contributed by atoms with Gasteiger partial charge in [0.1, 0.15) is 11.9 Å². The van der Waals surface area contributed by atoms with E-state index in [9.17, 15) is 4.79 Å². The average molecular weight is 306 g/mol. The second-order valence-corrected chi connectivity index (χ2v) is 5.98. The number of thiophene rings is 1.